The highest BCUT2D eigenvalue weighted by Gasteiger charge is 1.99. The zero-order chi connectivity index (χ0) is 13.5. The fourth-order valence-electron chi connectivity index (χ4n) is 2.11. The van der Waals surface area contributed by atoms with Crippen molar-refractivity contribution in [2.75, 3.05) is 5.88 Å². The van der Waals surface area contributed by atoms with Crippen LogP contribution in [0.2, 0.25) is 0 Å². The Hall–Kier alpha value is -1.34. The molecule has 0 fully saturated rings. The molecule has 0 aliphatic heterocycles. The summed E-state index contributed by atoms with van der Waals surface area (Å²) in [6, 6.07) is 15.1. The Bertz CT molecular complexity index is 488. The maximum Gasteiger partial charge on any atom is 0.123 e. The van der Waals surface area contributed by atoms with E-state index in [0.29, 0.717) is 0 Å². The van der Waals surface area contributed by atoms with E-state index in [-0.39, 0.29) is 5.82 Å². The lowest BCUT2D eigenvalue weighted by Gasteiger charge is -2.04. The summed E-state index contributed by atoms with van der Waals surface area (Å²) < 4.78 is 12.9. The summed E-state index contributed by atoms with van der Waals surface area (Å²) in [6.45, 7) is 0. The second-order valence-corrected chi connectivity index (χ2v) is 5.08. The molecule has 0 amide bonds. The molecule has 0 unspecified atom stereocenters. The number of benzene rings is 2. The molecular weight excluding hydrogens is 259 g/mol. The van der Waals surface area contributed by atoms with Crippen molar-refractivity contribution < 1.29 is 4.39 Å². The molecule has 0 bridgehead atoms. The molecule has 0 aliphatic rings. The standard InChI is InChI=1S/C17H18ClF/c18-13-3-1-2-4-14-5-7-15(8-6-14)16-9-11-17(19)12-10-16/h5-12H,1-4,13H2. The van der Waals surface area contributed by atoms with Gasteiger partial charge in [0.15, 0.2) is 0 Å². The lowest BCUT2D eigenvalue weighted by molar-refractivity contribution is 0.628. The Morgan fingerprint density at radius 2 is 1.32 bits per heavy atom. The van der Waals surface area contributed by atoms with E-state index in [0.717, 1.165) is 29.8 Å². The van der Waals surface area contributed by atoms with Crippen LogP contribution in [0.25, 0.3) is 11.1 Å². The quantitative estimate of drug-likeness (QED) is 0.486. The molecule has 0 N–H and O–H groups in total. The number of aryl methyl sites for hydroxylation is 1. The third-order valence-corrected chi connectivity index (χ3v) is 3.50. The van der Waals surface area contributed by atoms with Crippen molar-refractivity contribution in [1.29, 1.82) is 0 Å². The average Bonchev–Trinajstić information content (AvgIpc) is 2.45. The Morgan fingerprint density at radius 1 is 0.737 bits per heavy atom. The van der Waals surface area contributed by atoms with Crippen molar-refractivity contribution >= 4 is 11.6 Å². The molecule has 0 saturated carbocycles. The number of halogens is 2. The van der Waals surface area contributed by atoms with E-state index >= 15 is 0 Å². The van der Waals surface area contributed by atoms with Crippen LogP contribution in [0.4, 0.5) is 4.39 Å². The fraction of sp³-hybridized carbons (Fsp3) is 0.294. The summed E-state index contributed by atoms with van der Waals surface area (Å²) in [5.74, 6) is 0.559. The SMILES string of the molecule is Fc1ccc(-c2ccc(CCCCCCl)cc2)cc1. The second kappa shape index (κ2) is 7.30. The summed E-state index contributed by atoms with van der Waals surface area (Å²) in [5.41, 5.74) is 3.53. The van der Waals surface area contributed by atoms with Gasteiger partial charge in [-0.3, -0.25) is 0 Å². The van der Waals surface area contributed by atoms with Gasteiger partial charge in [-0.25, -0.2) is 4.39 Å². The van der Waals surface area contributed by atoms with Crippen LogP contribution in [-0.2, 0) is 6.42 Å². The van der Waals surface area contributed by atoms with Gasteiger partial charge in [0.25, 0.3) is 0 Å². The van der Waals surface area contributed by atoms with Gasteiger partial charge in [-0.1, -0.05) is 42.8 Å². The van der Waals surface area contributed by atoms with Gasteiger partial charge in [0.2, 0.25) is 0 Å². The molecule has 100 valence electrons. The van der Waals surface area contributed by atoms with Crippen molar-refractivity contribution in [2.24, 2.45) is 0 Å². The van der Waals surface area contributed by atoms with E-state index in [9.17, 15) is 4.39 Å². The van der Waals surface area contributed by atoms with E-state index in [2.05, 4.69) is 24.3 Å². The highest BCUT2D eigenvalue weighted by atomic mass is 35.5. The zero-order valence-electron chi connectivity index (χ0n) is 10.9. The van der Waals surface area contributed by atoms with Crippen LogP contribution in [0, 0.1) is 5.82 Å². The highest BCUT2D eigenvalue weighted by molar-refractivity contribution is 6.17. The van der Waals surface area contributed by atoms with Gasteiger partial charge in [0, 0.05) is 5.88 Å². The minimum Gasteiger partial charge on any atom is -0.207 e. The Labute approximate surface area is 119 Å². The number of hydrogen-bond acceptors (Lipinski definition) is 0. The van der Waals surface area contributed by atoms with Crippen LogP contribution >= 0.6 is 11.6 Å². The topological polar surface area (TPSA) is 0 Å². The molecule has 0 heterocycles. The molecular formula is C17H18ClF. The number of unbranched alkanes of at least 4 members (excludes halogenated alkanes) is 2. The number of rotatable bonds is 6. The van der Waals surface area contributed by atoms with Gasteiger partial charge in [0.05, 0.1) is 0 Å². The van der Waals surface area contributed by atoms with Crippen molar-refractivity contribution in [3.8, 4) is 11.1 Å². The summed E-state index contributed by atoms with van der Waals surface area (Å²) >= 11 is 5.66. The van der Waals surface area contributed by atoms with Gasteiger partial charge < -0.3 is 0 Å². The van der Waals surface area contributed by atoms with E-state index in [1.54, 1.807) is 0 Å². The summed E-state index contributed by atoms with van der Waals surface area (Å²) in [6.07, 6.45) is 4.56. The van der Waals surface area contributed by atoms with Gasteiger partial charge >= 0.3 is 0 Å². The second-order valence-electron chi connectivity index (χ2n) is 4.70. The predicted octanol–water partition coefficient (Wildman–Crippen LogP) is 5.44. The van der Waals surface area contributed by atoms with E-state index in [1.165, 1.54) is 30.5 Å². The lowest BCUT2D eigenvalue weighted by atomic mass is 10.0. The molecule has 2 aromatic carbocycles. The maximum absolute atomic E-state index is 12.9. The molecule has 19 heavy (non-hydrogen) atoms. The van der Waals surface area contributed by atoms with Crippen molar-refractivity contribution in [3.63, 3.8) is 0 Å². The Kier molecular flexibility index (Phi) is 5.41. The summed E-state index contributed by atoms with van der Waals surface area (Å²) in [4.78, 5) is 0. The first-order valence-corrected chi connectivity index (χ1v) is 7.24. The Morgan fingerprint density at radius 3 is 1.89 bits per heavy atom. The molecule has 0 aliphatic carbocycles. The molecule has 2 rings (SSSR count). The summed E-state index contributed by atoms with van der Waals surface area (Å²) in [5, 5.41) is 0. The van der Waals surface area contributed by atoms with E-state index < -0.39 is 0 Å². The van der Waals surface area contributed by atoms with Crippen LogP contribution in [0.1, 0.15) is 24.8 Å². The third-order valence-electron chi connectivity index (χ3n) is 3.23. The minimum absolute atomic E-state index is 0.195. The number of hydrogen-bond donors (Lipinski definition) is 0. The predicted molar refractivity (Wildman–Crippen MR) is 80.1 cm³/mol. The first-order chi connectivity index (χ1) is 9.29. The van der Waals surface area contributed by atoms with Crippen molar-refractivity contribution in [3.05, 3.63) is 59.9 Å². The number of alkyl halides is 1. The molecule has 2 heteroatoms. The molecule has 0 spiro atoms. The van der Waals surface area contributed by atoms with E-state index in [4.69, 9.17) is 11.6 Å². The van der Waals surface area contributed by atoms with Gasteiger partial charge in [-0.15, -0.1) is 11.6 Å². The van der Waals surface area contributed by atoms with Crippen LogP contribution < -0.4 is 0 Å². The van der Waals surface area contributed by atoms with Crippen LogP contribution in [0.15, 0.2) is 48.5 Å². The minimum atomic E-state index is -0.195. The fourth-order valence-corrected chi connectivity index (χ4v) is 2.30. The van der Waals surface area contributed by atoms with Gasteiger partial charge in [-0.05, 0) is 48.1 Å². The molecule has 0 atom stereocenters. The van der Waals surface area contributed by atoms with Crippen LogP contribution in [0.5, 0.6) is 0 Å². The molecule has 0 radical (unpaired) electrons. The maximum atomic E-state index is 12.9. The van der Waals surface area contributed by atoms with Gasteiger partial charge in [0.1, 0.15) is 5.82 Å². The first-order valence-electron chi connectivity index (χ1n) is 6.70. The Balaban J connectivity index is 1.96. The highest BCUT2D eigenvalue weighted by Crippen LogP contribution is 2.20. The normalized spacial score (nSPS) is 10.6. The lowest BCUT2D eigenvalue weighted by Crippen LogP contribution is -1.87. The van der Waals surface area contributed by atoms with Crippen molar-refractivity contribution in [1.82, 2.24) is 0 Å². The van der Waals surface area contributed by atoms with Crippen LogP contribution in [-0.4, -0.2) is 5.88 Å². The largest absolute Gasteiger partial charge is 0.207 e. The molecule has 0 nitrogen and oxygen atoms in total. The smallest absolute Gasteiger partial charge is 0.123 e. The van der Waals surface area contributed by atoms with Crippen LogP contribution in [0.3, 0.4) is 0 Å². The van der Waals surface area contributed by atoms with Gasteiger partial charge in [-0.2, -0.15) is 0 Å². The molecule has 2 aromatic rings. The zero-order valence-corrected chi connectivity index (χ0v) is 11.7. The summed E-state index contributed by atoms with van der Waals surface area (Å²) in [7, 11) is 0. The van der Waals surface area contributed by atoms with E-state index in [1.807, 2.05) is 12.1 Å². The third kappa shape index (κ3) is 4.36. The molecule has 0 aromatic heterocycles. The first kappa shape index (κ1) is 14.1. The molecule has 0 saturated heterocycles. The average molecular weight is 277 g/mol. The van der Waals surface area contributed by atoms with Crippen molar-refractivity contribution in [2.45, 2.75) is 25.7 Å². The monoisotopic (exact) mass is 276 g/mol.